The standard InChI is InChI=1S/C16H20N2OS/c1-11-5-4-9-18(10-8-11)16(19)15-14(17)12-6-2-3-7-13(12)20-15/h2-3,6-7,11H,4-5,8-10,17H2,1H3. The molecule has 0 radical (unpaired) electrons. The van der Waals surface area contributed by atoms with Crippen LogP contribution in [0.25, 0.3) is 10.1 Å². The van der Waals surface area contributed by atoms with E-state index in [9.17, 15) is 4.79 Å². The summed E-state index contributed by atoms with van der Waals surface area (Å²) >= 11 is 1.52. The number of thiophene rings is 1. The first-order valence-electron chi connectivity index (χ1n) is 7.23. The maximum Gasteiger partial charge on any atom is 0.266 e. The number of carbonyl (C=O) groups excluding carboxylic acids is 1. The zero-order valence-corrected chi connectivity index (χ0v) is 12.6. The highest BCUT2D eigenvalue weighted by atomic mass is 32.1. The van der Waals surface area contributed by atoms with Gasteiger partial charge in [0.15, 0.2) is 0 Å². The molecular weight excluding hydrogens is 268 g/mol. The van der Waals surface area contributed by atoms with Crippen LogP contribution >= 0.6 is 11.3 Å². The smallest absolute Gasteiger partial charge is 0.266 e. The highest BCUT2D eigenvalue weighted by molar-refractivity contribution is 7.21. The largest absolute Gasteiger partial charge is 0.397 e. The molecule has 1 aromatic heterocycles. The van der Waals surface area contributed by atoms with E-state index < -0.39 is 0 Å². The zero-order chi connectivity index (χ0) is 14.1. The number of benzene rings is 1. The van der Waals surface area contributed by atoms with Crippen LogP contribution < -0.4 is 5.73 Å². The topological polar surface area (TPSA) is 46.3 Å². The van der Waals surface area contributed by atoms with E-state index in [4.69, 9.17) is 5.73 Å². The minimum atomic E-state index is 0.109. The number of nitrogen functional groups attached to an aromatic ring is 1. The molecule has 3 rings (SSSR count). The summed E-state index contributed by atoms with van der Waals surface area (Å²) < 4.78 is 1.09. The fourth-order valence-corrected chi connectivity index (χ4v) is 3.92. The average molecular weight is 288 g/mol. The molecular formula is C16H20N2OS. The molecule has 106 valence electrons. The molecule has 0 saturated carbocycles. The van der Waals surface area contributed by atoms with Crippen molar-refractivity contribution in [3.8, 4) is 0 Å². The first-order chi connectivity index (χ1) is 9.66. The number of nitrogens with zero attached hydrogens (tertiary/aromatic N) is 1. The summed E-state index contributed by atoms with van der Waals surface area (Å²) in [5, 5.41) is 1.00. The van der Waals surface area contributed by atoms with Gasteiger partial charge in [0.2, 0.25) is 0 Å². The number of amides is 1. The predicted molar refractivity (Wildman–Crippen MR) is 85.2 cm³/mol. The van der Waals surface area contributed by atoms with Gasteiger partial charge in [-0.2, -0.15) is 0 Å². The second-order valence-corrected chi connectivity index (χ2v) is 6.72. The van der Waals surface area contributed by atoms with Crippen molar-refractivity contribution >= 4 is 33.0 Å². The number of hydrogen-bond acceptors (Lipinski definition) is 3. The lowest BCUT2D eigenvalue weighted by Gasteiger charge is -2.19. The van der Waals surface area contributed by atoms with Gasteiger partial charge >= 0.3 is 0 Å². The average Bonchev–Trinajstić information content (AvgIpc) is 2.64. The molecule has 1 saturated heterocycles. The van der Waals surface area contributed by atoms with Crippen LogP contribution in [0, 0.1) is 5.92 Å². The number of nitrogens with two attached hydrogens (primary N) is 1. The van der Waals surface area contributed by atoms with Crippen LogP contribution in [0.15, 0.2) is 24.3 Å². The van der Waals surface area contributed by atoms with E-state index in [0.29, 0.717) is 16.5 Å². The van der Waals surface area contributed by atoms with E-state index in [1.54, 1.807) is 0 Å². The van der Waals surface area contributed by atoms with E-state index in [2.05, 4.69) is 6.92 Å². The van der Waals surface area contributed by atoms with Gasteiger partial charge in [-0.3, -0.25) is 4.79 Å². The summed E-state index contributed by atoms with van der Waals surface area (Å²) in [6.45, 7) is 3.98. The van der Waals surface area contributed by atoms with Crippen LogP contribution in [0.5, 0.6) is 0 Å². The molecule has 2 aromatic rings. The van der Waals surface area contributed by atoms with Crippen molar-refractivity contribution in [2.45, 2.75) is 26.2 Å². The number of hydrogen-bond donors (Lipinski definition) is 1. The van der Waals surface area contributed by atoms with Gasteiger partial charge in [0.05, 0.1) is 5.69 Å². The van der Waals surface area contributed by atoms with E-state index in [-0.39, 0.29) is 5.91 Å². The van der Waals surface area contributed by atoms with Crippen LogP contribution in [-0.4, -0.2) is 23.9 Å². The Labute approximate surface area is 123 Å². The second-order valence-electron chi connectivity index (χ2n) is 5.67. The van der Waals surface area contributed by atoms with Gasteiger partial charge in [0, 0.05) is 23.2 Å². The van der Waals surface area contributed by atoms with E-state index in [1.165, 1.54) is 17.8 Å². The Balaban J connectivity index is 1.90. The summed E-state index contributed by atoms with van der Waals surface area (Å²) in [4.78, 5) is 15.4. The van der Waals surface area contributed by atoms with Gasteiger partial charge < -0.3 is 10.6 Å². The number of rotatable bonds is 1. The Morgan fingerprint density at radius 3 is 2.90 bits per heavy atom. The number of anilines is 1. The Morgan fingerprint density at radius 2 is 2.10 bits per heavy atom. The lowest BCUT2D eigenvalue weighted by molar-refractivity contribution is 0.0766. The highest BCUT2D eigenvalue weighted by Crippen LogP contribution is 2.34. The molecule has 0 aliphatic carbocycles. The molecule has 1 fully saturated rings. The molecule has 0 spiro atoms. The number of likely N-dealkylation sites (tertiary alicyclic amines) is 1. The molecule has 4 heteroatoms. The predicted octanol–water partition coefficient (Wildman–Crippen LogP) is 3.75. The van der Waals surface area contributed by atoms with Gasteiger partial charge in [-0.05, 0) is 31.2 Å². The molecule has 3 nitrogen and oxygen atoms in total. The molecule has 1 aromatic carbocycles. The molecule has 1 amide bonds. The number of fused-ring (bicyclic) bond motifs is 1. The molecule has 1 atom stereocenters. The van der Waals surface area contributed by atoms with Crippen LogP contribution in [0.2, 0.25) is 0 Å². The number of carbonyl (C=O) groups is 1. The molecule has 1 unspecified atom stereocenters. The van der Waals surface area contributed by atoms with Gasteiger partial charge in [0.25, 0.3) is 5.91 Å². The van der Waals surface area contributed by atoms with Gasteiger partial charge in [-0.1, -0.05) is 25.1 Å². The van der Waals surface area contributed by atoms with Crippen LogP contribution in [-0.2, 0) is 0 Å². The molecule has 20 heavy (non-hydrogen) atoms. The van der Waals surface area contributed by atoms with Gasteiger partial charge in [0.1, 0.15) is 4.88 Å². The van der Waals surface area contributed by atoms with Gasteiger partial charge in [-0.25, -0.2) is 0 Å². The first kappa shape index (κ1) is 13.4. The monoisotopic (exact) mass is 288 g/mol. The second kappa shape index (κ2) is 5.44. The van der Waals surface area contributed by atoms with Crippen molar-refractivity contribution in [2.24, 2.45) is 5.92 Å². The Morgan fingerprint density at radius 1 is 1.30 bits per heavy atom. The maximum absolute atomic E-state index is 12.7. The first-order valence-corrected chi connectivity index (χ1v) is 8.04. The third-order valence-electron chi connectivity index (χ3n) is 4.13. The van der Waals surface area contributed by atoms with Crippen molar-refractivity contribution in [2.75, 3.05) is 18.8 Å². The fourth-order valence-electron chi connectivity index (χ4n) is 2.83. The fraction of sp³-hybridized carbons (Fsp3) is 0.438. The molecule has 2 heterocycles. The van der Waals surface area contributed by atoms with Crippen LogP contribution in [0.3, 0.4) is 0 Å². The van der Waals surface area contributed by atoms with Crippen molar-refractivity contribution < 1.29 is 4.79 Å². The lowest BCUT2D eigenvalue weighted by atomic mass is 10.0. The summed E-state index contributed by atoms with van der Waals surface area (Å²) in [5.41, 5.74) is 6.82. The Kier molecular flexibility index (Phi) is 3.66. The highest BCUT2D eigenvalue weighted by Gasteiger charge is 2.23. The summed E-state index contributed by atoms with van der Waals surface area (Å²) in [7, 11) is 0. The van der Waals surface area contributed by atoms with Gasteiger partial charge in [-0.15, -0.1) is 11.3 Å². The Hall–Kier alpha value is -1.55. The lowest BCUT2D eigenvalue weighted by Crippen LogP contribution is -2.31. The third kappa shape index (κ3) is 2.40. The normalized spacial score (nSPS) is 20.1. The summed E-state index contributed by atoms with van der Waals surface area (Å²) in [6.07, 6.45) is 3.40. The van der Waals surface area contributed by atoms with Crippen molar-refractivity contribution in [1.29, 1.82) is 0 Å². The van der Waals surface area contributed by atoms with Crippen molar-refractivity contribution in [3.05, 3.63) is 29.1 Å². The van der Waals surface area contributed by atoms with Crippen LogP contribution in [0.4, 0.5) is 5.69 Å². The van der Waals surface area contributed by atoms with Crippen molar-refractivity contribution in [1.82, 2.24) is 4.90 Å². The van der Waals surface area contributed by atoms with E-state index in [0.717, 1.165) is 36.0 Å². The summed E-state index contributed by atoms with van der Waals surface area (Å²) in [6, 6.07) is 7.97. The SMILES string of the molecule is CC1CCCN(C(=O)c2sc3ccccc3c2N)CC1. The minimum Gasteiger partial charge on any atom is -0.397 e. The third-order valence-corrected chi connectivity index (χ3v) is 5.31. The van der Waals surface area contributed by atoms with Crippen LogP contribution in [0.1, 0.15) is 35.9 Å². The molecule has 1 aliphatic heterocycles. The minimum absolute atomic E-state index is 0.109. The summed E-state index contributed by atoms with van der Waals surface area (Å²) in [5.74, 6) is 0.824. The molecule has 0 bridgehead atoms. The van der Waals surface area contributed by atoms with Crippen molar-refractivity contribution in [3.63, 3.8) is 0 Å². The zero-order valence-electron chi connectivity index (χ0n) is 11.8. The quantitative estimate of drug-likeness (QED) is 0.868. The van der Waals surface area contributed by atoms with E-state index in [1.807, 2.05) is 29.2 Å². The molecule has 1 aliphatic rings. The van der Waals surface area contributed by atoms with E-state index >= 15 is 0 Å². The maximum atomic E-state index is 12.7. The molecule has 2 N–H and O–H groups in total. The Bertz CT molecular complexity index is 634.